The summed E-state index contributed by atoms with van der Waals surface area (Å²) in [5.74, 6) is -0.997. The van der Waals surface area contributed by atoms with E-state index in [0.717, 1.165) is 17.9 Å². The van der Waals surface area contributed by atoms with E-state index in [-0.39, 0.29) is 5.15 Å². The number of aryl methyl sites for hydroxylation is 1. The second kappa shape index (κ2) is 4.66. The molecule has 92 valence electrons. The van der Waals surface area contributed by atoms with Crippen LogP contribution in [0.15, 0.2) is 9.42 Å². The van der Waals surface area contributed by atoms with E-state index >= 15 is 0 Å². The summed E-state index contributed by atoms with van der Waals surface area (Å²) in [6, 6.07) is 0. The zero-order chi connectivity index (χ0) is 13.2. The van der Waals surface area contributed by atoms with Gasteiger partial charge in [0.15, 0.2) is 10.2 Å². The number of hydrogen-bond donors (Lipinski definition) is 0. The number of isocyanates is 1. The molecular weight excluding hydrogens is 274 g/mol. The summed E-state index contributed by atoms with van der Waals surface area (Å²) in [5, 5.41) is 2.55. The Hall–Kier alpha value is -1.70. The first-order chi connectivity index (χ1) is 7.85. The number of aromatic nitrogens is 2. The van der Waals surface area contributed by atoms with Gasteiger partial charge in [-0.05, 0) is 0 Å². The fourth-order valence-corrected chi connectivity index (χ4v) is 2.47. The number of methoxy groups -OCH3 is 1. The summed E-state index contributed by atoms with van der Waals surface area (Å²) in [6.45, 7) is 0. The molecule has 0 atom stereocenters. The lowest BCUT2D eigenvalue weighted by molar-refractivity contribution is 0.0596. The quantitative estimate of drug-likeness (QED) is 0.434. The number of carbonyl (C=O) groups is 1. The molecule has 0 fully saturated rings. The number of sulfonamides is 1. The lowest BCUT2D eigenvalue weighted by Gasteiger charge is -2.00. The van der Waals surface area contributed by atoms with Crippen LogP contribution in [0.5, 0.6) is 0 Å². The topological polar surface area (TPSA) is 108 Å². The van der Waals surface area contributed by atoms with E-state index in [9.17, 15) is 18.0 Å². The first kappa shape index (κ1) is 13.4. The van der Waals surface area contributed by atoms with Crippen LogP contribution < -0.4 is 0 Å². The summed E-state index contributed by atoms with van der Waals surface area (Å²) >= 11 is 5.59. The Morgan fingerprint density at radius 1 is 1.59 bits per heavy atom. The molecular formula is C7H6ClN3O5S. The third kappa shape index (κ3) is 2.36. The molecule has 0 saturated carbocycles. The average molecular weight is 280 g/mol. The van der Waals surface area contributed by atoms with Crippen molar-refractivity contribution >= 4 is 33.7 Å². The van der Waals surface area contributed by atoms with Gasteiger partial charge >= 0.3 is 16.0 Å². The molecule has 1 aromatic rings. The molecule has 10 heteroatoms. The number of hydrogen-bond acceptors (Lipinski definition) is 6. The molecule has 0 N–H and O–H groups in total. The highest BCUT2D eigenvalue weighted by Crippen LogP contribution is 2.25. The van der Waals surface area contributed by atoms with Crippen LogP contribution in [0.4, 0.5) is 0 Å². The molecule has 1 rings (SSSR count). The largest absolute Gasteiger partial charge is 0.465 e. The summed E-state index contributed by atoms with van der Waals surface area (Å²) in [7, 11) is -2.11. The van der Waals surface area contributed by atoms with Gasteiger partial charge in [-0.1, -0.05) is 16.0 Å². The number of nitrogens with zero attached hydrogens (tertiary/aromatic N) is 3. The molecule has 0 bridgehead atoms. The monoisotopic (exact) mass is 279 g/mol. The molecule has 1 aromatic heterocycles. The Morgan fingerprint density at radius 2 is 2.18 bits per heavy atom. The molecule has 8 nitrogen and oxygen atoms in total. The maximum atomic E-state index is 11.6. The van der Waals surface area contributed by atoms with Crippen LogP contribution in [0.3, 0.4) is 0 Å². The summed E-state index contributed by atoms with van der Waals surface area (Å²) < 4.78 is 30.9. The Balaban J connectivity index is 3.65. The van der Waals surface area contributed by atoms with Crippen molar-refractivity contribution in [2.75, 3.05) is 7.11 Å². The molecule has 1 heterocycles. The van der Waals surface area contributed by atoms with Crippen molar-refractivity contribution in [3.8, 4) is 0 Å². The fourth-order valence-electron chi connectivity index (χ4n) is 1.14. The van der Waals surface area contributed by atoms with Gasteiger partial charge in [-0.15, -0.1) is 0 Å². The van der Waals surface area contributed by atoms with Gasteiger partial charge in [0.1, 0.15) is 5.56 Å². The van der Waals surface area contributed by atoms with E-state index in [1.54, 1.807) is 0 Å². The highest BCUT2D eigenvalue weighted by Gasteiger charge is 2.31. The molecule has 0 amide bonds. The van der Waals surface area contributed by atoms with Gasteiger partial charge in [-0.25, -0.2) is 9.59 Å². The van der Waals surface area contributed by atoms with E-state index in [1.807, 2.05) is 0 Å². The average Bonchev–Trinajstić information content (AvgIpc) is 2.53. The third-order valence-electron chi connectivity index (χ3n) is 1.74. The predicted molar refractivity (Wildman–Crippen MR) is 54.9 cm³/mol. The minimum atomic E-state index is -4.39. The zero-order valence-corrected chi connectivity index (χ0v) is 10.2. The number of esters is 1. The second-order valence-corrected chi connectivity index (χ2v) is 4.62. The standard InChI is InChI=1S/C7H6ClN3O5S/c1-11-6(17(14,15)9-3-12)4(5(8)10-11)7(13)16-2/h1-2H3. The Bertz CT molecular complexity index is 614. The molecule has 0 unspecified atom stereocenters. The maximum absolute atomic E-state index is 11.6. The van der Waals surface area contributed by atoms with Crippen molar-refractivity contribution in [3.05, 3.63) is 10.7 Å². The van der Waals surface area contributed by atoms with Crippen LogP contribution in [0.1, 0.15) is 10.4 Å². The molecule has 0 aliphatic rings. The fraction of sp³-hybridized carbons (Fsp3) is 0.286. The van der Waals surface area contributed by atoms with E-state index in [2.05, 4.69) is 14.2 Å². The summed E-state index contributed by atoms with van der Waals surface area (Å²) in [6.07, 6.45) is 0.878. The minimum Gasteiger partial charge on any atom is -0.465 e. The smallest absolute Gasteiger partial charge is 0.344 e. The molecule has 0 aromatic carbocycles. The second-order valence-electron chi connectivity index (χ2n) is 2.74. The Labute approximate surface area is 101 Å². The van der Waals surface area contributed by atoms with Crippen LogP contribution in [-0.2, 0) is 26.6 Å². The van der Waals surface area contributed by atoms with Crippen LogP contribution in [0.2, 0.25) is 5.15 Å². The van der Waals surface area contributed by atoms with Crippen LogP contribution >= 0.6 is 11.6 Å². The number of ether oxygens (including phenoxy) is 1. The van der Waals surface area contributed by atoms with Crippen molar-refractivity contribution < 1.29 is 22.7 Å². The van der Waals surface area contributed by atoms with Crippen molar-refractivity contribution in [2.24, 2.45) is 11.4 Å². The van der Waals surface area contributed by atoms with Gasteiger partial charge in [0, 0.05) is 7.05 Å². The van der Waals surface area contributed by atoms with Gasteiger partial charge in [0.2, 0.25) is 0 Å². The lowest BCUT2D eigenvalue weighted by atomic mass is 10.4. The number of rotatable bonds is 3. The van der Waals surface area contributed by atoms with E-state index in [0.29, 0.717) is 0 Å². The van der Waals surface area contributed by atoms with Gasteiger partial charge in [0.25, 0.3) is 6.08 Å². The molecule has 0 radical (unpaired) electrons. The highest BCUT2D eigenvalue weighted by molar-refractivity contribution is 7.90. The normalized spacial score (nSPS) is 10.8. The van der Waals surface area contributed by atoms with Crippen LogP contribution in [0, 0.1) is 0 Å². The van der Waals surface area contributed by atoms with Crippen molar-refractivity contribution in [1.29, 1.82) is 0 Å². The minimum absolute atomic E-state index is 0.362. The van der Waals surface area contributed by atoms with Gasteiger partial charge in [-0.3, -0.25) is 4.68 Å². The van der Waals surface area contributed by atoms with Crippen LogP contribution in [-0.4, -0.2) is 37.4 Å². The molecule has 0 aliphatic carbocycles. The van der Waals surface area contributed by atoms with E-state index in [1.165, 1.54) is 7.05 Å². The molecule has 17 heavy (non-hydrogen) atoms. The van der Waals surface area contributed by atoms with Gasteiger partial charge < -0.3 is 4.74 Å². The van der Waals surface area contributed by atoms with Crippen molar-refractivity contribution in [3.63, 3.8) is 0 Å². The lowest BCUT2D eigenvalue weighted by Crippen LogP contribution is -2.11. The van der Waals surface area contributed by atoms with E-state index in [4.69, 9.17) is 11.6 Å². The van der Waals surface area contributed by atoms with Gasteiger partial charge in [0.05, 0.1) is 7.11 Å². The third-order valence-corrected chi connectivity index (χ3v) is 3.28. The molecule has 0 saturated heterocycles. The summed E-state index contributed by atoms with van der Waals surface area (Å²) in [4.78, 5) is 21.4. The molecule has 0 spiro atoms. The van der Waals surface area contributed by atoms with E-state index < -0.39 is 26.6 Å². The highest BCUT2D eigenvalue weighted by atomic mass is 35.5. The first-order valence-corrected chi connectivity index (χ1v) is 5.82. The zero-order valence-electron chi connectivity index (χ0n) is 8.67. The van der Waals surface area contributed by atoms with Gasteiger partial charge in [-0.2, -0.15) is 13.5 Å². The van der Waals surface area contributed by atoms with Crippen molar-refractivity contribution in [1.82, 2.24) is 9.78 Å². The number of carbonyl (C=O) groups excluding carboxylic acids is 2. The Kier molecular flexibility index (Phi) is 3.66. The van der Waals surface area contributed by atoms with Crippen LogP contribution in [0.25, 0.3) is 0 Å². The summed E-state index contributed by atoms with van der Waals surface area (Å²) in [5.41, 5.74) is -0.476. The SMILES string of the molecule is COC(=O)c1c(Cl)nn(C)c1S(=O)(=O)N=C=O. The molecule has 0 aliphatic heterocycles. The Morgan fingerprint density at radius 3 is 2.65 bits per heavy atom. The first-order valence-electron chi connectivity index (χ1n) is 4.00. The van der Waals surface area contributed by atoms with Crippen molar-refractivity contribution in [2.45, 2.75) is 5.03 Å². The number of halogens is 1. The maximum Gasteiger partial charge on any atom is 0.344 e. The predicted octanol–water partition coefficient (Wildman–Crippen LogP) is -0.115.